The van der Waals surface area contributed by atoms with Crippen LogP contribution in [-0.2, 0) is 7.05 Å². The predicted molar refractivity (Wildman–Crippen MR) is 69.8 cm³/mol. The number of aromatic nitrogens is 4. The van der Waals surface area contributed by atoms with Gasteiger partial charge in [-0.1, -0.05) is 28.1 Å². The highest BCUT2D eigenvalue weighted by molar-refractivity contribution is 9.10. The number of halogens is 1. The van der Waals surface area contributed by atoms with Gasteiger partial charge >= 0.3 is 0 Å². The van der Waals surface area contributed by atoms with Gasteiger partial charge in [0.2, 0.25) is 5.78 Å². The molecule has 0 amide bonds. The van der Waals surface area contributed by atoms with Crippen molar-refractivity contribution in [2.24, 2.45) is 7.05 Å². The van der Waals surface area contributed by atoms with Crippen LogP contribution in [0.2, 0.25) is 0 Å². The maximum atomic E-state index is 4.58. The lowest BCUT2D eigenvalue weighted by Gasteiger charge is -1.96. The third kappa shape index (κ3) is 1.67. The summed E-state index contributed by atoms with van der Waals surface area (Å²) in [7, 11) is 1.90. The van der Waals surface area contributed by atoms with Gasteiger partial charge in [-0.05, 0) is 19.1 Å². The smallest absolute Gasteiger partial charge is 0.232 e. The normalized spacial score (nSPS) is 11.2. The van der Waals surface area contributed by atoms with E-state index in [9.17, 15) is 0 Å². The molecule has 0 saturated carbocycles. The molecule has 0 unspecified atom stereocenters. The quantitative estimate of drug-likeness (QED) is 0.691. The zero-order chi connectivity index (χ0) is 12.0. The van der Waals surface area contributed by atoms with Gasteiger partial charge in [0.1, 0.15) is 5.82 Å². The summed E-state index contributed by atoms with van der Waals surface area (Å²) in [6, 6.07) is 8.14. The highest BCUT2D eigenvalue weighted by Crippen LogP contribution is 2.21. The molecule has 17 heavy (non-hydrogen) atoms. The van der Waals surface area contributed by atoms with Crippen LogP contribution >= 0.6 is 15.9 Å². The van der Waals surface area contributed by atoms with E-state index in [1.165, 1.54) is 0 Å². The van der Waals surface area contributed by atoms with Crippen molar-refractivity contribution in [3.63, 3.8) is 0 Å². The Labute approximate surface area is 107 Å². The average molecular weight is 291 g/mol. The Hall–Kier alpha value is -1.62. The summed E-state index contributed by atoms with van der Waals surface area (Å²) in [5.41, 5.74) is 2.07. The number of aryl methyl sites for hydroxylation is 2. The van der Waals surface area contributed by atoms with Crippen molar-refractivity contribution in [3.8, 4) is 11.3 Å². The molecule has 0 N–H and O–H groups in total. The molecule has 0 bridgehead atoms. The summed E-state index contributed by atoms with van der Waals surface area (Å²) in [5.74, 6) is 1.80. The fraction of sp³-hybridized carbons (Fsp3) is 0.167. The van der Waals surface area contributed by atoms with E-state index < -0.39 is 0 Å². The molecule has 5 heteroatoms. The Bertz CT molecular complexity index is 644. The minimum Gasteiger partial charge on any atom is -0.270 e. The molecule has 0 radical (unpaired) electrons. The monoisotopic (exact) mass is 290 g/mol. The molecular formula is C12H11BrN4. The highest BCUT2D eigenvalue weighted by Gasteiger charge is 2.09. The van der Waals surface area contributed by atoms with Gasteiger partial charge in [0.15, 0.2) is 0 Å². The fourth-order valence-corrected chi connectivity index (χ4v) is 2.17. The van der Waals surface area contributed by atoms with Crippen LogP contribution in [0.15, 0.2) is 34.9 Å². The Morgan fingerprint density at radius 2 is 1.88 bits per heavy atom. The second-order valence-electron chi connectivity index (χ2n) is 3.97. The van der Waals surface area contributed by atoms with Crippen LogP contribution in [0, 0.1) is 6.92 Å². The molecule has 0 aliphatic carbocycles. The maximum absolute atomic E-state index is 4.58. The number of rotatable bonds is 1. The van der Waals surface area contributed by atoms with Crippen molar-refractivity contribution in [2.75, 3.05) is 0 Å². The Morgan fingerprint density at radius 1 is 1.18 bits per heavy atom. The molecule has 0 aliphatic rings. The number of fused-ring (bicyclic) bond motifs is 1. The first kappa shape index (κ1) is 10.5. The van der Waals surface area contributed by atoms with E-state index in [1.807, 2.05) is 36.7 Å². The molecule has 0 atom stereocenters. The minimum absolute atomic E-state index is 0.861. The zero-order valence-electron chi connectivity index (χ0n) is 9.55. The van der Waals surface area contributed by atoms with Gasteiger partial charge in [-0.3, -0.25) is 4.40 Å². The van der Waals surface area contributed by atoms with Crippen LogP contribution < -0.4 is 0 Å². The van der Waals surface area contributed by atoms with Gasteiger partial charge in [0.25, 0.3) is 0 Å². The highest BCUT2D eigenvalue weighted by atomic mass is 79.9. The standard InChI is InChI=1S/C12H11BrN4/c1-8-15-16(2)12-14-11(7-17(8)12)9-3-5-10(13)6-4-9/h3-7H,1-2H3. The first-order valence-electron chi connectivity index (χ1n) is 5.30. The summed E-state index contributed by atoms with van der Waals surface area (Å²) in [4.78, 5) is 4.58. The molecule has 4 nitrogen and oxygen atoms in total. The van der Waals surface area contributed by atoms with Gasteiger partial charge in [-0.15, -0.1) is 0 Å². The van der Waals surface area contributed by atoms with E-state index in [0.717, 1.165) is 27.3 Å². The SMILES string of the molecule is Cc1nn(C)c2nc(-c3ccc(Br)cc3)cn12. The molecule has 1 aromatic carbocycles. The van der Waals surface area contributed by atoms with Gasteiger partial charge in [0.05, 0.1) is 5.69 Å². The number of nitrogens with zero attached hydrogens (tertiary/aromatic N) is 4. The Balaban J connectivity index is 2.18. The first-order valence-corrected chi connectivity index (χ1v) is 6.09. The van der Waals surface area contributed by atoms with E-state index in [1.54, 1.807) is 4.68 Å². The third-order valence-corrected chi connectivity index (χ3v) is 3.29. The van der Waals surface area contributed by atoms with E-state index in [2.05, 4.69) is 38.1 Å². The summed E-state index contributed by atoms with van der Waals surface area (Å²) in [6.45, 7) is 1.97. The lowest BCUT2D eigenvalue weighted by molar-refractivity contribution is 0.774. The van der Waals surface area contributed by atoms with Crippen molar-refractivity contribution < 1.29 is 0 Å². The van der Waals surface area contributed by atoms with Crippen molar-refractivity contribution >= 4 is 21.7 Å². The molecule has 86 valence electrons. The summed E-state index contributed by atoms with van der Waals surface area (Å²) < 4.78 is 4.86. The number of imidazole rings is 1. The maximum Gasteiger partial charge on any atom is 0.232 e. The van der Waals surface area contributed by atoms with Gasteiger partial charge in [0, 0.05) is 23.3 Å². The van der Waals surface area contributed by atoms with Crippen molar-refractivity contribution in [2.45, 2.75) is 6.92 Å². The molecule has 0 fully saturated rings. The van der Waals surface area contributed by atoms with E-state index in [-0.39, 0.29) is 0 Å². The van der Waals surface area contributed by atoms with E-state index in [4.69, 9.17) is 0 Å². The molecular weight excluding hydrogens is 280 g/mol. The predicted octanol–water partition coefficient (Wildman–Crippen LogP) is 2.81. The first-order chi connectivity index (χ1) is 8.15. The Morgan fingerprint density at radius 3 is 2.53 bits per heavy atom. The minimum atomic E-state index is 0.861. The largest absolute Gasteiger partial charge is 0.270 e. The van der Waals surface area contributed by atoms with Crippen LogP contribution in [0.5, 0.6) is 0 Å². The number of hydrogen-bond donors (Lipinski definition) is 0. The summed E-state index contributed by atoms with van der Waals surface area (Å²) in [5, 5.41) is 4.31. The van der Waals surface area contributed by atoms with Crippen LogP contribution in [0.25, 0.3) is 17.0 Å². The van der Waals surface area contributed by atoms with Gasteiger partial charge in [-0.25, -0.2) is 9.67 Å². The zero-order valence-corrected chi connectivity index (χ0v) is 11.1. The lowest BCUT2D eigenvalue weighted by atomic mass is 10.2. The Kier molecular flexibility index (Phi) is 2.29. The summed E-state index contributed by atoms with van der Waals surface area (Å²) >= 11 is 3.43. The van der Waals surface area contributed by atoms with Crippen molar-refractivity contribution in [1.29, 1.82) is 0 Å². The molecule has 0 spiro atoms. The van der Waals surface area contributed by atoms with Crippen LogP contribution in [-0.4, -0.2) is 19.2 Å². The molecule has 0 saturated heterocycles. The number of hydrogen-bond acceptors (Lipinski definition) is 2. The van der Waals surface area contributed by atoms with E-state index >= 15 is 0 Å². The summed E-state index contributed by atoms with van der Waals surface area (Å²) in [6.07, 6.45) is 2.01. The van der Waals surface area contributed by atoms with Gasteiger partial charge in [-0.2, -0.15) is 5.10 Å². The molecule has 2 aromatic heterocycles. The topological polar surface area (TPSA) is 35.1 Å². The second-order valence-corrected chi connectivity index (χ2v) is 4.89. The van der Waals surface area contributed by atoms with Gasteiger partial charge < -0.3 is 0 Å². The molecule has 0 aliphatic heterocycles. The molecule has 3 aromatic rings. The fourth-order valence-electron chi connectivity index (χ4n) is 1.91. The second kappa shape index (κ2) is 3.70. The van der Waals surface area contributed by atoms with Crippen LogP contribution in [0.1, 0.15) is 5.82 Å². The average Bonchev–Trinajstić information content (AvgIpc) is 2.83. The van der Waals surface area contributed by atoms with Crippen LogP contribution in [0.4, 0.5) is 0 Å². The van der Waals surface area contributed by atoms with E-state index in [0.29, 0.717) is 0 Å². The van der Waals surface area contributed by atoms with Crippen molar-refractivity contribution in [1.82, 2.24) is 19.2 Å². The van der Waals surface area contributed by atoms with Crippen molar-refractivity contribution in [3.05, 3.63) is 40.8 Å². The number of benzene rings is 1. The molecule has 2 heterocycles. The third-order valence-electron chi connectivity index (χ3n) is 2.76. The van der Waals surface area contributed by atoms with Crippen LogP contribution in [0.3, 0.4) is 0 Å². The molecule has 3 rings (SSSR count). The lowest BCUT2D eigenvalue weighted by Crippen LogP contribution is -1.91.